The Morgan fingerprint density at radius 1 is 1.15 bits per heavy atom. The van der Waals surface area contributed by atoms with Gasteiger partial charge in [-0.25, -0.2) is 4.98 Å². The summed E-state index contributed by atoms with van der Waals surface area (Å²) >= 11 is 0. The number of rotatable bonds is 8. The zero-order chi connectivity index (χ0) is 18.4. The summed E-state index contributed by atoms with van der Waals surface area (Å²) in [5, 5.41) is 8.82. The fourth-order valence-electron chi connectivity index (χ4n) is 2.50. The third-order valence-corrected chi connectivity index (χ3v) is 3.85. The van der Waals surface area contributed by atoms with Crippen LogP contribution >= 0.6 is 0 Å². The van der Waals surface area contributed by atoms with Crippen LogP contribution in [0.1, 0.15) is 5.69 Å². The topological polar surface area (TPSA) is 75.8 Å². The van der Waals surface area contributed by atoms with Crippen LogP contribution in [0.4, 0.5) is 5.69 Å². The van der Waals surface area contributed by atoms with Gasteiger partial charge < -0.3 is 19.2 Å². The molecule has 0 amide bonds. The Labute approximate surface area is 151 Å². The van der Waals surface area contributed by atoms with Crippen LogP contribution in [0.25, 0.3) is 11.5 Å². The maximum Gasteiger partial charge on any atom is 0.323 e. The molecule has 0 radical (unpaired) electrons. The zero-order valence-electron chi connectivity index (χ0n) is 14.5. The molecule has 0 aliphatic heterocycles. The molecule has 134 valence electrons. The maximum atomic E-state index is 10.7. The number of nitrogens with zero attached hydrogens (tertiary/aromatic N) is 2. The highest BCUT2D eigenvalue weighted by Gasteiger charge is 2.07. The van der Waals surface area contributed by atoms with Crippen molar-refractivity contribution in [1.29, 1.82) is 0 Å². The van der Waals surface area contributed by atoms with Crippen molar-refractivity contribution in [3.05, 3.63) is 66.6 Å². The fourth-order valence-corrected chi connectivity index (χ4v) is 2.50. The van der Waals surface area contributed by atoms with Crippen molar-refractivity contribution >= 4 is 11.7 Å². The second kappa shape index (κ2) is 8.20. The lowest BCUT2D eigenvalue weighted by molar-refractivity contribution is -0.135. The van der Waals surface area contributed by atoms with Gasteiger partial charge in [0, 0.05) is 24.7 Å². The molecule has 0 saturated carbocycles. The van der Waals surface area contributed by atoms with Crippen molar-refractivity contribution in [2.45, 2.75) is 6.42 Å². The van der Waals surface area contributed by atoms with E-state index in [1.54, 1.807) is 18.2 Å². The van der Waals surface area contributed by atoms with Gasteiger partial charge in [-0.1, -0.05) is 18.2 Å². The number of hydrogen-bond acceptors (Lipinski definition) is 5. The third-order valence-electron chi connectivity index (χ3n) is 3.85. The molecule has 0 aliphatic carbocycles. The largest absolute Gasteiger partial charge is 0.493 e. The second-order valence-electron chi connectivity index (χ2n) is 5.85. The highest BCUT2D eigenvalue weighted by atomic mass is 16.5. The van der Waals surface area contributed by atoms with E-state index < -0.39 is 5.97 Å². The molecule has 1 N–H and O–H groups in total. The minimum atomic E-state index is -0.865. The number of likely N-dealkylation sites (N-methyl/N-ethyl adjacent to an activating group) is 1. The summed E-state index contributed by atoms with van der Waals surface area (Å²) in [7, 11) is 1.73. The number of ether oxygens (including phenoxy) is 1. The van der Waals surface area contributed by atoms with Crippen molar-refractivity contribution < 1.29 is 19.1 Å². The number of benzene rings is 2. The molecule has 0 unspecified atom stereocenters. The normalized spacial score (nSPS) is 10.5. The smallest absolute Gasteiger partial charge is 0.323 e. The first-order chi connectivity index (χ1) is 12.6. The van der Waals surface area contributed by atoms with Gasteiger partial charge in [0.2, 0.25) is 5.89 Å². The van der Waals surface area contributed by atoms with Crippen molar-refractivity contribution in [1.82, 2.24) is 4.98 Å². The molecule has 1 heterocycles. The molecule has 2 aromatic carbocycles. The van der Waals surface area contributed by atoms with Crippen molar-refractivity contribution in [3.8, 4) is 17.2 Å². The van der Waals surface area contributed by atoms with Gasteiger partial charge in [-0.3, -0.25) is 4.79 Å². The molecule has 3 rings (SSSR count). The van der Waals surface area contributed by atoms with Crippen LogP contribution in [0, 0.1) is 0 Å². The van der Waals surface area contributed by atoms with E-state index in [1.165, 1.54) is 0 Å². The number of hydrogen-bond donors (Lipinski definition) is 1. The van der Waals surface area contributed by atoms with Crippen LogP contribution in [-0.4, -0.2) is 36.3 Å². The predicted octanol–water partition coefficient (Wildman–Crippen LogP) is 3.48. The van der Waals surface area contributed by atoms with Gasteiger partial charge in [-0.2, -0.15) is 0 Å². The van der Waals surface area contributed by atoms with E-state index in [9.17, 15) is 4.79 Å². The predicted molar refractivity (Wildman–Crippen MR) is 98.5 cm³/mol. The summed E-state index contributed by atoms with van der Waals surface area (Å²) in [4.78, 5) is 16.9. The summed E-state index contributed by atoms with van der Waals surface area (Å²) in [6.07, 6.45) is 2.28. The van der Waals surface area contributed by atoms with Crippen LogP contribution in [-0.2, 0) is 11.2 Å². The number of carboxylic acid groups (broad SMARTS) is 1. The van der Waals surface area contributed by atoms with Crippen LogP contribution in [0.2, 0.25) is 0 Å². The summed E-state index contributed by atoms with van der Waals surface area (Å²) in [6.45, 7) is 0.432. The summed E-state index contributed by atoms with van der Waals surface area (Å²) in [5.41, 5.74) is 2.60. The lowest BCUT2D eigenvalue weighted by Crippen LogP contribution is -2.24. The molecule has 0 aliphatic rings. The first-order valence-corrected chi connectivity index (χ1v) is 8.27. The van der Waals surface area contributed by atoms with Gasteiger partial charge in [-0.15, -0.1) is 0 Å². The first-order valence-electron chi connectivity index (χ1n) is 8.27. The highest BCUT2D eigenvalue weighted by molar-refractivity contribution is 5.73. The number of anilines is 1. The maximum absolute atomic E-state index is 10.7. The zero-order valence-corrected chi connectivity index (χ0v) is 14.5. The van der Waals surface area contributed by atoms with Crippen molar-refractivity contribution in [3.63, 3.8) is 0 Å². The molecule has 6 nitrogen and oxygen atoms in total. The number of oxazole rings is 1. The Hall–Kier alpha value is -3.28. The molecule has 0 bridgehead atoms. The third kappa shape index (κ3) is 4.63. The SMILES string of the molecule is CN(CC(=O)O)c1ccc(OCCc2coc(-c3ccccc3)n2)cc1. The Bertz CT molecular complexity index is 844. The minimum absolute atomic E-state index is 0.0455. The minimum Gasteiger partial charge on any atom is -0.493 e. The van der Waals surface area contributed by atoms with Gasteiger partial charge in [0.25, 0.3) is 0 Å². The lowest BCUT2D eigenvalue weighted by atomic mass is 10.2. The van der Waals surface area contributed by atoms with E-state index >= 15 is 0 Å². The summed E-state index contributed by atoms with van der Waals surface area (Å²) in [6, 6.07) is 17.1. The van der Waals surface area contributed by atoms with Gasteiger partial charge in [0.05, 0.1) is 12.3 Å². The average Bonchev–Trinajstić information content (AvgIpc) is 3.11. The highest BCUT2D eigenvalue weighted by Crippen LogP contribution is 2.20. The molecule has 0 fully saturated rings. The van der Waals surface area contributed by atoms with Crippen LogP contribution in [0.3, 0.4) is 0 Å². The molecular weight excluding hydrogens is 332 g/mol. The van der Waals surface area contributed by atoms with Crippen LogP contribution < -0.4 is 9.64 Å². The quantitative estimate of drug-likeness (QED) is 0.669. The summed E-state index contributed by atoms with van der Waals surface area (Å²) in [5.74, 6) is 0.464. The molecule has 6 heteroatoms. The van der Waals surface area contributed by atoms with Crippen molar-refractivity contribution in [2.24, 2.45) is 0 Å². The average molecular weight is 352 g/mol. The number of carboxylic acids is 1. The van der Waals surface area contributed by atoms with Gasteiger partial charge in [0.1, 0.15) is 18.6 Å². The van der Waals surface area contributed by atoms with E-state index in [1.807, 2.05) is 54.6 Å². The molecule has 0 spiro atoms. The molecule has 0 saturated heterocycles. The van der Waals surface area contributed by atoms with Crippen LogP contribution in [0.5, 0.6) is 5.75 Å². The van der Waals surface area contributed by atoms with E-state index in [0.717, 1.165) is 22.7 Å². The first kappa shape index (κ1) is 17.5. The fraction of sp³-hybridized carbons (Fsp3) is 0.200. The molecular formula is C20H20N2O4. The molecule has 0 atom stereocenters. The molecule has 1 aromatic heterocycles. The van der Waals surface area contributed by atoms with Crippen LogP contribution in [0.15, 0.2) is 65.3 Å². The monoisotopic (exact) mass is 352 g/mol. The van der Waals surface area contributed by atoms with E-state index in [0.29, 0.717) is 18.9 Å². The van der Waals surface area contributed by atoms with Gasteiger partial charge >= 0.3 is 5.97 Å². The summed E-state index contributed by atoms with van der Waals surface area (Å²) < 4.78 is 11.2. The van der Waals surface area contributed by atoms with E-state index in [2.05, 4.69) is 4.98 Å². The molecule has 26 heavy (non-hydrogen) atoms. The van der Waals surface area contributed by atoms with E-state index in [-0.39, 0.29) is 6.54 Å². The Morgan fingerprint density at radius 2 is 1.88 bits per heavy atom. The molecule has 3 aromatic rings. The number of aliphatic carboxylic acids is 1. The van der Waals surface area contributed by atoms with Crippen molar-refractivity contribution in [2.75, 3.05) is 25.1 Å². The Balaban J connectivity index is 1.51. The number of carbonyl (C=O) groups is 1. The van der Waals surface area contributed by atoms with Gasteiger partial charge in [-0.05, 0) is 36.4 Å². The standard InChI is InChI=1S/C20H20N2O4/c1-22(13-19(23)24)17-7-9-18(10-8-17)25-12-11-16-14-26-20(21-16)15-5-3-2-4-6-15/h2-10,14H,11-13H2,1H3,(H,23,24). The van der Waals surface area contributed by atoms with E-state index in [4.69, 9.17) is 14.3 Å². The lowest BCUT2D eigenvalue weighted by Gasteiger charge is -2.17. The Morgan fingerprint density at radius 3 is 2.58 bits per heavy atom. The van der Waals surface area contributed by atoms with Gasteiger partial charge in [0.15, 0.2) is 0 Å². The number of aromatic nitrogens is 1. The second-order valence-corrected chi connectivity index (χ2v) is 5.85. The Kier molecular flexibility index (Phi) is 5.53.